The molecule has 0 bridgehead atoms. The molecule has 5 nitrogen and oxygen atoms in total. The van der Waals surface area contributed by atoms with E-state index in [4.69, 9.17) is 0 Å². The molecule has 0 radical (unpaired) electrons. The van der Waals surface area contributed by atoms with Crippen LogP contribution in [0.5, 0.6) is 0 Å². The molecule has 4 heterocycles. The van der Waals surface area contributed by atoms with Gasteiger partial charge in [0.15, 0.2) is 5.65 Å². The highest BCUT2D eigenvalue weighted by Gasteiger charge is 2.36. The molecule has 0 fully saturated rings. The van der Waals surface area contributed by atoms with Crippen molar-refractivity contribution < 1.29 is 13.2 Å². The molecule has 4 aromatic rings. The fourth-order valence-electron chi connectivity index (χ4n) is 3.00. The summed E-state index contributed by atoms with van der Waals surface area (Å²) in [5.41, 5.74) is 1.20. The molecule has 138 valence electrons. The second-order valence-electron chi connectivity index (χ2n) is 6.18. The SMILES string of the molecule is Cc1cc(C)nc(-n2nc(C)c3c(C(F)(F)F)cc(-c4cccs4)nc32)n1. The molecule has 0 saturated carbocycles. The number of alkyl halides is 3. The minimum atomic E-state index is -4.53. The number of thiophene rings is 1. The number of rotatable bonds is 2. The third-order valence-electron chi connectivity index (χ3n) is 4.05. The zero-order chi connectivity index (χ0) is 19.3. The monoisotopic (exact) mass is 389 g/mol. The average molecular weight is 389 g/mol. The maximum absolute atomic E-state index is 13.8. The second-order valence-corrected chi connectivity index (χ2v) is 7.12. The molecule has 27 heavy (non-hydrogen) atoms. The fraction of sp³-hybridized carbons (Fsp3) is 0.222. The molecule has 4 rings (SSSR count). The van der Waals surface area contributed by atoms with E-state index in [1.54, 1.807) is 37.4 Å². The molecule has 0 atom stereocenters. The highest BCUT2D eigenvalue weighted by atomic mass is 32.1. The lowest BCUT2D eigenvalue weighted by Gasteiger charge is -2.11. The van der Waals surface area contributed by atoms with Gasteiger partial charge in [0.25, 0.3) is 5.95 Å². The van der Waals surface area contributed by atoms with E-state index in [9.17, 15) is 13.2 Å². The van der Waals surface area contributed by atoms with Gasteiger partial charge >= 0.3 is 6.18 Å². The molecule has 0 aliphatic carbocycles. The van der Waals surface area contributed by atoms with Crippen molar-refractivity contribution in [1.29, 1.82) is 0 Å². The van der Waals surface area contributed by atoms with Gasteiger partial charge in [-0.05, 0) is 44.4 Å². The maximum Gasteiger partial charge on any atom is 0.417 e. The lowest BCUT2D eigenvalue weighted by atomic mass is 10.1. The molecule has 0 saturated heterocycles. The number of halogens is 3. The standard InChI is InChI=1S/C18H14F3N5S/c1-9-7-10(2)23-17(22-9)26-16-15(11(3)25-26)12(18(19,20)21)8-13(24-16)14-5-4-6-27-14/h4-8H,1-3H3. The Balaban J connectivity index is 2.09. The summed E-state index contributed by atoms with van der Waals surface area (Å²) in [6.45, 7) is 5.12. The predicted molar refractivity (Wildman–Crippen MR) is 97.0 cm³/mol. The van der Waals surface area contributed by atoms with Gasteiger partial charge in [-0.2, -0.15) is 23.0 Å². The summed E-state index contributed by atoms with van der Waals surface area (Å²) in [5.74, 6) is 0.203. The van der Waals surface area contributed by atoms with E-state index in [1.807, 2.05) is 0 Å². The van der Waals surface area contributed by atoms with Crippen molar-refractivity contribution in [2.75, 3.05) is 0 Å². The Morgan fingerprint density at radius 2 is 1.70 bits per heavy atom. The van der Waals surface area contributed by atoms with Gasteiger partial charge in [0.05, 0.1) is 27.2 Å². The van der Waals surface area contributed by atoms with Crippen molar-refractivity contribution >= 4 is 22.4 Å². The quantitative estimate of drug-likeness (QED) is 0.490. The van der Waals surface area contributed by atoms with Crippen LogP contribution in [0.4, 0.5) is 13.2 Å². The summed E-state index contributed by atoms with van der Waals surface area (Å²) in [4.78, 5) is 13.8. The minimum absolute atomic E-state index is 0.0365. The van der Waals surface area contributed by atoms with Gasteiger partial charge in [0.1, 0.15) is 0 Å². The first-order valence-corrected chi connectivity index (χ1v) is 8.96. The molecular formula is C18H14F3N5S. The second kappa shape index (κ2) is 6.12. The van der Waals surface area contributed by atoms with Crippen LogP contribution in [0.2, 0.25) is 0 Å². The van der Waals surface area contributed by atoms with Gasteiger partial charge in [-0.15, -0.1) is 11.3 Å². The fourth-order valence-corrected chi connectivity index (χ4v) is 3.69. The Labute approximate surface area is 156 Å². The van der Waals surface area contributed by atoms with Crippen molar-refractivity contribution in [3.8, 4) is 16.5 Å². The van der Waals surface area contributed by atoms with E-state index in [2.05, 4.69) is 20.1 Å². The van der Waals surface area contributed by atoms with E-state index in [1.165, 1.54) is 22.9 Å². The lowest BCUT2D eigenvalue weighted by Crippen LogP contribution is -2.09. The van der Waals surface area contributed by atoms with E-state index in [0.717, 1.165) is 6.07 Å². The highest BCUT2D eigenvalue weighted by Crippen LogP contribution is 2.39. The van der Waals surface area contributed by atoms with Crippen LogP contribution in [0.15, 0.2) is 29.6 Å². The van der Waals surface area contributed by atoms with E-state index in [0.29, 0.717) is 16.3 Å². The van der Waals surface area contributed by atoms with Gasteiger partial charge in [-0.1, -0.05) is 6.07 Å². The first-order chi connectivity index (χ1) is 12.7. The summed E-state index contributed by atoms with van der Waals surface area (Å²) in [7, 11) is 0. The number of nitrogens with zero attached hydrogens (tertiary/aromatic N) is 5. The summed E-state index contributed by atoms with van der Waals surface area (Å²) >= 11 is 1.33. The van der Waals surface area contributed by atoms with Crippen molar-refractivity contribution in [2.45, 2.75) is 26.9 Å². The third kappa shape index (κ3) is 3.08. The lowest BCUT2D eigenvalue weighted by molar-refractivity contribution is -0.136. The smallest absolute Gasteiger partial charge is 0.227 e. The molecule has 0 aromatic carbocycles. The van der Waals surface area contributed by atoms with Gasteiger partial charge in [-0.3, -0.25) is 0 Å². The van der Waals surface area contributed by atoms with E-state index >= 15 is 0 Å². The van der Waals surface area contributed by atoms with Crippen LogP contribution in [0.25, 0.3) is 27.6 Å². The van der Waals surface area contributed by atoms with Crippen LogP contribution in [-0.4, -0.2) is 24.7 Å². The van der Waals surface area contributed by atoms with E-state index in [-0.39, 0.29) is 28.4 Å². The molecule has 4 aromatic heterocycles. The van der Waals surface area contributed by atoms with Crippen LogP contribution >= 0.6 is 11.3 Å². The number of fused-ring (bicyclic) bond motifs is 1. The molecule has 0 N–H and O–H groups in total. The topological polar surface area (TPSA) is 56.5 Å². The molecular weight excluding hydrogens is 375 g/mol. The summed E-state index contributed by atoms with van der Waals surface area (Å²) in [6, 6.07) is 6.37. The van der Waals surface area contributed by atoms with Crippen molar-refractivity contribution in [2.24, 2.45) is 0 Å². The number of hydrogen-bond acceptors (Lipinski definition) is 5. The molecule has 0 spiro atoms. The Morgan fingerprint density at radius 1 is 1.00 bits per heavy atom. The highest BCUT2D eigenvalue weighted by molar-refractivity contribution is 7.13. The van der Waals surface area contributed by atoms with Gasteiger partial charge < -0.3 is 0 Å². The Morgan fingerprint density at radius 3 is 2.30 bits per heavy atom. The number of pyridine rings is 1. The Hall–Kier alpha value is -2.81. The molecule has 0 amide bonds. The molecule has 0 aliphatic heterocycles. The van der Waals surface area contributed by atoms with Crippen LogP contribution in [-0.2, 0) is 6.18 Å². The number of hydrogen-bond donors (Lipinski definition) is 0. The van der Waals surface area contributed by atoms with Crippen LogP contribution < -0.4 is 0 Å². The molecule has 0 unspecified atom stereocenters. The van der Waals surface area contributed by atoms with Crippen molar-refractivity contribution in [3.63, 3.8) is 0 Å². The van der Waals surface area contributed by atoms with Gasteiger partial charge in [0.2, 0.25) is 0 Å². The van der Waals surface area contributed by atoms with Crippen LogP contribution in [0.3, 0.4) is 0 Å². The first-order valence-electron chi connectivity index (χ1n) is 8.08. The van der Waals surface area contributed by atoms with Gasteiger partial charge in [0, 0.05) is 11.4 Å². The van der Waals surface area contributed by atoms with Crippen molar-refractivity contribution in [1.82, 2.24) is 24.7 Å². The Bertz CT molecular complexity index is 1130. The van der Waals surface area contributed by atoms with Crippen LogP contribution in [0, 0.1) is 20.8 Å². The molecule has 0 aliphatic rings. The summed E-state index contributed by atoms with van der Waals surface area (Å²) in [6.07, 6.45) is -4.53. The van der Waals surface area contributed by atoms with Crippen LogP contribution in [0.1, 0.15) is 22.6 Å². The summed E-state index contributed by atoms with van der Waals surface area (Å²) < 4.78 is 42.6. The van der Waals surface area contributed by atoms with Gasteiger partial charge in [-0.25, -0.2) is 15.0 Å². The zero-order valence-electron chi connectivity index (χ0n) is 14.7. The number of aryl methyl sites for hydroxylation is 3. The normalized spacial score (nSPS) is 12.1. The largest absolute Gasteiger partial charge is 0.417 e. The maximum atomic E-state index is 13.8. The summed E-state index contributed by atoms with van der Waals surface area (Å²) in [5, 5.41) is 6.03. The molecule has 9 heteroatoms. The average Bonchev–Trinajstić information content (AvgIpc) is 3.21. The Kier molecular flexibility index (Phi) is 3.99. The number of aromatic nitrogens is 5. The first kappa shape index (κ1) is 17.6. The predicted octanol–water partition coefficient (Wildman–Crippen LogP) is 4.88. The van der Waals surface area contributed by atoms with E-state index < -0.39 is 11.7 Å². The van der Waals surface area contributed by atoms with Crippen molar-refractivity contribution in [3.05, 3.63) is 52.3 Å². The third-order valence-corrected chi connectivity index (χ3v) is 4.94. The zero-order valence-corrected chi connectivity index (χ0v) is 15.5. The minimum Gasteiger partial charge on any atom is -0.227 e.